The summed E-state index contributed by atoms with van der Waals surface area (Å²) < 4.78 is 12.8. The second-order valence-electron chi connectivity index (χ2n) is 4.69. The summed E-state index contributed by atoms with van der Waals surface area (Å²) in [6.07, 6.45) is 10.7. The summed E-state index contributed by atoms with van der Waals surface area (Å²) in [5, 5.41) is 0. The van der Waals surface area contributed by atoms with Gasteiger partial charge in [0.15, 0.2) is 0 Å². The van der Waals surface area contributed by atoms with Crippen molar-refractivity contribution in [3.63, 3.8) is 0 Å². The van der Waals surface area contributed by atoms with Crippen molar-refractivity contribution in [2.75, 3.05) is 12.3 Å². The zero-order chi connectivity index (χ0) is 10.4. The monoisotopic (exact) mass is 216 g/mol. The van der Waals surface area contributed by atoms with Crippen LogP contribution in [0, 0.1) is 0 Å². The second-order valence-corrected chi connectivity index (χ2v) is 8.22. The van der Waals surface area contributed by atoms with Crippen molar-refractivity contribution >= 4 is 7.14 Å². The Morgan fingerprint density at radius 1 is 1.00 bits per heavy atom. The van der Waals surface area contributed by atoms with Crippen LogP contribution in [0.3, 0.4) is 0 Å². The predicted octanol–water partition coefficient (Wildman–Crippen LogP) is 4.50. The van der Waals surface area contributed by atoms with E-state index in [0.717, 1.165) is 25.2 Å². The lowest BCUT2D eigenvalue weighted by molar-refractivity contribution is 0.481. The molecule has 0 heterocycles. The smallest absolute Gasteiger partial charge is 0.0906 e. The summed E-state index contributed by atoms with van der Waals surface area (Å²) in [6, 6.07) is 0. The van der Waals surface area contributed by atoms with Crippen LogP contribution in [0.15, 0.2) is 0 Å². The van der Waals surface area contributed by atoms with Gasteiger partial charge in [0.05, 0.1) is 7.14 Å². The molecule has 0 aromatic rings. The molecule has 0 saturated heterocycles. The molecule has 0 bridgehead atoms. The van der Waals surface area contributed by atoms with Crippen LogP contribution in [0.1, 0.15) is 58.8 Å². The van der Waals surface area contributed by atoms with E-state index < -0.39 is 7.14 Å². The Morgan fingerprint density at radius 3 is 1.93 bits per heavy atom. The molecule has 0 N–H and O–H groups in total. The molecule has 0 atom stereocenters. The largest absolute Gasteiger partial charge is 0.323 e. The molecular formula is C12H25OP. The molecule has 1 saturated carbocycles. The lowest BCUT2D eigenvalue weighted by Crippen LogP contribution is -2.16. The Bertz CT molecular complexity index is 184. The standard InChI is InChI=1S/C12H25OP/c1-3-10-14(13,11-4-2)12-8-6-5-7-9-12/h12H,3-11H2,1-2H3. The van der Waals surface area contributed by atoms with Crippen LogP contribution in [0.2, 0.25) is 0 Å². The summed E-state index contributed by atoms with van der Waals surface area (Å²) in [5.41, 5.74) is 0.594. The molecule has 0 amide bonds. The van der Waals surface area contributed by atoms with Gasteiger partial charge in [-0.3, -0.25) is 0 Å². The normalized spacial score (nSPS) is 19.9. The van der Waals surface area contributed by atoms with Gasteiger partial charge in [-0.05, 0) is 25.7 Å². The average Bonchev–Trinajstić information content (AvgIpc) is 2.20. The van der Waals surface area contributed by atoms with Crippen molar-refractivity contribution in [3.05, 3.63) is 0 Å². The van der Waals surface area contributed by atoms with Crippen molar-refractivity contribution in [2.45, 2.75) is 64.5 Å². The molecule has 1 fully saturated rings. The van der Waals surface area contributed by atoms with Gasteiger partial charge in [0.2, 0.25) is 0 Å². The molecule has 1 aliphatic carbocycles. The summed E-state index contributed by atoms with van der Waals surface area (Å²) in [6.45, 7) is 4.34. The van der Waals surface area contributed by atoms with Gasteiger partial charge >= 0.3 is 0 Å². The van der Waals surface area contributed by atoms with E-state index in [0.29, 0.717) is 5.66 Å². The minimum Gasteiger partial charge on any atom is -0.323 e. The topological polar surface area (TPSA) is 17.1 Å². The van der Waals surface area contributed by atoms with Crippen LogP contribution in [0.25, 0.3) is 0 Å². The molecule has 84 valence electrons. The first kappa shape index (κ1) is 12.3. The number of rotatable bonds is 5. The van der Waals surface area contributed by atoms with E-state index in [1.165, 1.54) is 32.1 Å². The van der Waals surface area contributed by atoms with Crippen molar-refractivity contribution in [1.29, 1.82) is 0 Å². The first-order valence-corrected chi connectivity index (χ1v) is 8.45. The maximum Gasteiger partial charge on any atom is 0.0906 e. The SMILES string of the molecule is CCCP(=O)(CCC)C1CCCCC1. The summed E-state index contributed by atoms with van der Waals surface area (Å²) in [7, 11) is -1.79. The highest BCUT2D eigenvalue weighted by Gasteiger charge is 2.31. The van der Waals surface area contributed by atoms with Crippen LogP contribution in [-0.2, 0) is 4.57 Å². The molecule has 1 rings (SSSR count). The molecule has 0 unspecified atom stereocenters. The highest BCUT2D eigenvalue weighted by molar-refractivity contribution is 7.64. The van der Waals surface area contributed by atoms with Crippen molar-refractivity contribution in [1.82, 2.24) is 0 Å². The maximum atomic E-state index is 12.8. The summed E-state index contributed by atoms with van der Waals surface area (Å²) in [4.78, 5) is 0. The van der Waals surface area contributed by atoms with E-state index in [1.807, 2.05) is 0 Å². The third kappa shape index (κ3) is 3.12. The Kier molecular flexibility index (Phi) is 5.23. The molecule has 1 nitrogen and oxygen atoms in total. The third-order valence-electron chi connectivity index (χ3n) is 3.44. The van der Waals surface area contributed by atoms with Gasteiger partial charge in [-0.25, -0.2) is 0 Å². The zero-order valence-electron chi connectivity index (χ0n) is 9.80. The molecular weight excluding hydrogens is 191 g/mol. The fourth-order valence-electron chi connectivity index (χ4n) is 2.79. The average molecular weight is 216 g/mol. The van der Waals surface area contributed by atoms with E-state index in [-0.39, 0.29) is 0 Å². The highest BCUT2D eigenvalue weighted by Crippen LogP contribution is 2.56. The molecule has 2 heteroatoms. The van der Waals surface area contributed by atoms with Crippen LogP contribution < -0.4 is 0 Å². The van der Waals surface area contributed by atoms with Gasteiger partial charge in [0.1, 0.15) is 0 Å². The van der Waals surface area contributed by atoms with Crippen LogP contribution in [0.4, 0.5) is 0 Å². The van der Waals surface area contributed by atoms with Crippen molar-refractivity contribution in [2.24, 2.45) is 0 Å². The van der Waals surface area contributed by atoms with Gasteiger partial charge in [0, 0.05) is 18.0 Å². The predicted molar refractivity (Wildman–Crippen MR) is 64.8 cm³/mol. The Balaban J connectivity index is 2.59. The minimum absolute atomic E-state index is 0.594. The van der Waals surface area contributed by atoms with Crippen LogP contribution in [-0.4, -0.2) is 18.0 Å². The van der Waals surface area contributed by atoms with E-state index >= 15 is 0 Å². The van der Waals surface area contributed by atoms with Crippen molar-refractivity contribution < 1.29 is 4.57 Å². The van der Waals surface area contributed by atoms with E-state index in [4.69, 9.17) is 0 Å². The van der Waals surface area contributed by atoms with Crippen LogP contribution in [0.5, 0.6) is 0 Å². The Morgan fingerprint density at radius 2 is 1.50 bits per heavy atom. The van der Waals surface area contributed by atoms with Gasteiger partial charge in [0.25, 0.3) is 0 Å². The zero-order valence-corrected chi connectivity index (χ0v) is 10.7. The molecule has 0 aliphatic heterocycles. The van der Waals surface area contributed by atoms with E-state index in [9.17, 15) is 4.57 Å². The summed E-state index contributed by atoms with van der Waals surface area (Å²) in [5.74, 6) is 0. The number of hydrogen-bond acceptors (Lipinski definition) is 1. The number of hydrogen-bond donors (Lipinski definition) is 0. The summed E-state index contributed by atoms with van der Waals surface area (Å²) >= 11 is 0. The molecule has 0 aromatic carbocycles. The lowest BCUT2D eigenvalue weighted by Gasteiger charge is -2.30. The molecule has 0 aromatic heterocycles. The quantitative estimate of drug-likeness (QED) is 0.618. The minimum atomic E-state index is -1.79. The van der Waals surface area contributed by atoms with Gasteiger partial charge in [-0.2, -0.15) is 0 Å². The Hall–Kier alpha value is 0.230. The lowest BCUT2D eigenvalue weighted by atomic mass is 10.0. The molecule has 1 aliphatic rings. The first-order chi connectivity index (χ1) is 6.73. The van der Waals surface area contributed by atoms with Gasteiger partial charge in [-0.1, -0.05) is 33.1 Å². The van der Waals surface area contributed by atoms with Gasteiger partial charge in [-0.15, -0.1) is 0 Å². The van der Waals surface area contributed by atoms with Crippen LogP contribution >= 0.6 is 7.14 Å². The molecule has 14 heavy (non-hydrogen) atoms. The fourth-order valence-corrected chi connectivity index (χ4v) is 6.56. The third-order valence-corrected chi connectivity index (χ3v) is 7.70. The second kappa shape index (κ2) is 5.95. The van der Waals surface area contributed by atoms with E-state index in [1.54, 1.807) is 0 Å². The van der Waals surface area contributed by atoms with E-state index in [2.05, 4.69) is 13.8 Å². The maximum absolute atomic E-state index is 12.8. The molecule has 0 radical (unpaired) electrons. The first-order valence-electron chi connectivity index (χ1n) is 6.30. The highest BCUT2D eigenvalue weighted by atomic mass is 31.2. The van der Waals surface area contributed by atoms with Crippen molar-refractivity contribution in [3.8, 4) is 0 Å². The van der Waals surface area contributed by atoms with Gasteiger partial charge < -0.3 is 4.57 Å². The molecule has 0 spiro atoms. The Labute approximate surface area is 89.0 Å². The fraction of sp³-hybridized carbons (Fsp3) is 1.00.